The first kappa shape index (κ1) is 16.0. The Morgan fingerprint density at radius 1 is 1.10 bits per heavy atom. The minimum absolute atomic E-state index is 0.0673. The van der Waals surface area contributed by atoms with Gasteiger partial charge in [0.15, 0.2) is 0 Å². The number of carbonyl (C=O) groups excluding carboxylic acids is 1. The SMILES string of the molecule is CC(C(=O)O)=C(C)C(=O)NCc1ccc(C(C)C)cc1. The van der Waals surface area contributed by atoms with Crippen LogP contribution < -0.4 is 5.32 Å². The van der Waals surface area contributed by atoms with Gasteiger partial charge in [-0.1, -0.05) is 38.1 Å². The van der Waals surface area contributed by atoms with Gasteiger partial charge in [-0.05, 0) is 30.9 Å². The van der Waals surface area contributed by atoms with E-state index < -0.39 is 5.97 Å². The van der Waals surface area contributed by atoms with Crippen LogP contribution in [0.25, 0.3) is 0 Å². The molecule has 20 heavy (non-hydrogen) atoms. The fraction of sp³-hybridized carbons (Fsp3) is 0.375. The molecule has 0 saturated carbocycles. The lowest BCUT2D eigenvalue weighted by Gasteiger charge is -2.09. The van der Waals surface area contributed by atoms with Crippen molar-refractivity contribution in [2.75, 3.05) is 0 Å². The van der Waals surface area contributed by atoms with Crippen LogP contribution in [-0.4, -0.2) is 17.0 Å². The number of hydrogen-bond acceptors (Lipinski definition) is 2. The van der Waals surface area contributed by atoms with Crippen molar-refractivity contribution in [2.24, 2.45) is 0 Å². The summed E-state index contributed by atoms with van der Waals surface area (Å²) in [5.41, 5.74) is 2.54. The summed E-state index contributed by atoms with van der Waals surface area (Å²) in [6.45, 7) is 7.58. The maximum Gasteiger partial charge on any atom is 0.331 e. The summed E-state index contributed by atoms with van der Waals surface area (Å²) >= 11 is 0. The van der Waals surface area contributed by atoms with E-state index in [0.717, 1.165) is 5.56 Å². The number of aliphatic carboxylic acids is 1. The average molecular weight is 275 g/mol. The Hall–Kier alpha value is -2.10. The summed E-state index contributed by atoms with van der Waals surface area (Å²) in [4.78, 5) is 22.6. The van der Waals surface area contributed by atoms with Crippen molar-refractivity contribution in [3.8, 4) is 0 Å². The molecule has 0 aliphatic carbocycles. The highest BCUT2D eigenvalue weighted by molar-refractivity contribution is 6.01. The fourth-order valence-corrected chi connectivity index (χ4v) is 1.67. The van der Waals surface area contributed by atoms with E-state index in [0.29, 0.717) is 12.5 Å². The third kappa shape index (κ3) is 4.23. The number of benzene rings is 1. The van der Waals surface area contributed by atoms with E-state index in [9.17, 15) is 9.59 Å². The van der Waals surface area contributed by atoms with E-state index in [2.05, 4.69) is 19.2 Å². The molecule has 0 spiro atoms. The van der Waals surface area contributed by atoms with Crippen LogP contribution in [0.5, 0.6) is 0 Å². The summed E-state index contributed by atoms with van der Waals surface area (Å²) in [5.74, 6) is -0.946. The summed E-state index contributed by atoms with van der Waals surface area (Å²) in [5, 5.41) is 11.6. The molecular formula is C16H21NO3. The minimum Gasteiger partial charge on any atom is -0.478 e. The van der Waals surface area contributed by atoms with Crippen LogP contribution in [0.4, 0.5) is 0 Å². The first-order chi connectivity index (χ1) is 9.32. The zero-order valence-electron chi connectivity index (χ0n) is 12.4. The van der Waals surface area contributed by atoms with Crippen molar-refractivity contribution in [2.45, 2.75) is 40.2 Å². The van der Waals surface area contributed by atoms with E-state index in [4.69, 9.17) is 5.11 Å². The summed E-state index contributed by atoms with van der Waals surface area (Å²) < 4.78 is 0. The predicted octanol–water partition coefficient (Wildman–Crippen LogP) is 2.85. The second kappa shape index (κ2) is 6.89. The molecule has 4 heteroatoms. The molecule has 0 aliphatic rings. The molecule has 1 amide bonds. The third-order valence-electron chi connectivity index (χ3n) is 3.32. The van der Waals surface area contributed by atoms with Crippen molar-refractivity contribution in [3.63, 3.8) is 0 Å². The number of nitrogens with one attached hydrogen (secondary N) is 1. The molecule has 1 rings (SSSR count). The highest BCUT2D eigenvalue weighted by Gasteiger charge is 2.12. The number of amides is 1. The molecular weight excluding hydrogens is 254 g/mol. The van der Waals surface area contributed by atoms with E-state index in [-0.39, 0.29) is 17.1 Å². The summed E-state index contributed by atoms with van der Waals surface area (Å²) in [6.07, 6.45) is 0. The number of carboxylic acid groups (broad SMARTS) is 1. The van der Waals surface area contributed by atoms with Gasteiger partial charge < -0.3 is 10.4 Å². The summed E-state index contributed by atoms with van der Waals surface area (Å²) in [6, 6.07) is 8.02. The standard InChI is InChI=1S/C16H21NO3/c1-10(2)14-7-5-13(6-8-14)9-17-15(18)11(3)12(4)16(19)20/h5-8,10H,9H2,1-4H3,(H,17,18)(H,19,20). The van der Waals surface area contributed by atoms with Crippen molar-refractivity contribution in [3.05, 3.63) is 46.5 Å². The smallest absolute Gasteiger partial charge is 0.331 e. The lowest BCUT2D eigenvalue weighted by molar-refractivity contribution is -0.133. The maximum absolute atomic E-state index is 11.8. The molecule has 2 N–H and O–H groups in total. The Kier molecular flexibility index (Phi) is 5.50. The van der Waals surface area contributed by atoms with Crippen molar-refractivity contribution >= 4 is 11.9 Å². The molecule has 1 aromatic carbocycles. The lowest BCUT2D eigenvalue weighted by Crippen LogP contribution is -2.25. The predicted molar refractivity (Wildman–Crippen MR) is 78.4 cm³/mol. The maximum atomic E-state index is 11.8. The molecule has 0 aromatic heterocycles. The first-order valence-corrected chi connectivity index (χ1v) is 6.60. The van der Waals surface area contributed by atoms with Gasteiger partial charge in [0.25, 0.3) is 0 Å². The second-order valence-electron chi connectivity index (χ2n) is 5.13. The fourth-order valence-electron chi connectivity index (χ4n) is 1.67. The monoisotopic (exact) mass is 275 g/mol. The zero-order chi connectivity index (χ0) is 15.3. The molecule has 0 saturated heterocycles. The molecule has 0 radical (unpaired) electrons. The van der Waals surface area contributed by atoms with Gasteiger partial charge >= 0.3 is 5.97 Å². The number of carbonyl (C=O) groups is 2. The van der Waals surface area contributed by atoms with Crippen LogP contribution in [0.3, 0.4) is 0 Å². The van der Waals surface area contributed by atoms with Gasteiger partial charge in [0.2, 0.25) is 5.91 Å². The normalized spacial score (nSPS) is 12.1. The van der Waals surface area contributed by atoms with E-state index in [1.165, 1.54) is 19.4 Å². The van der Waals surface area contributed by atoms with Gasteiger partial charge in [-0.15, -0.1) is 0 Å². The van der Waals surface area contributed by atoms with Crippen LogP contribution in [-0.2, 0) is 16.1 Å². The quantitative estimate of drug-likeness (QED) is 0.812. The van der Waals surface area contributed by atoms with Crippen LogP contribution in [0, 0.1) is 0 Å². The van der Waals surface area contributed by atoms with Gasteiger partial charge in [-0.2, -0.15) is 0 Å². The Morgan fingerprint density at radius 3 is 2.10 bits per heavy atom. The van der Waals surface area contributed by atoms with Gasteiger partial charge in [-0.25, -0.2) is 4.79 Å². The van der Waals surface area contributed by atoms with Gasteiger partial charge in [0, 0.05) is 17.7 Å². The molecule has 4 nitrogen and oxygen atoms in total. The molecule has 0 atom stereocenters. The van der Waals surface area contributed by atoms with Crippen molar-refractivity contribution in [1.82, 2.24) is 5.32 Å². The van der Waals surface area contributed by atoms with Crippen LogP contribution >= 0.6 is 0 Å². The largest absolute Gasteiger partial charge is 0.478 e. The molecule has 1 aromatic rings. The van der Waals surface area contributed by atoms with Crippen LogP contribution in [0.1, 0.15) is 44.7 Å². The number of rotatable bonds is 5. The Labute approximate surface area is 119 Å². The van der Waals surface area contributed by atoms with Crippen molar-refractivity contribution in [1.29, 1.82) is 0 Å². The molecule has 0 heterocycles. The molecule has 0 unspecified atom stereocenters. The average Bonchev–Trinajstić information content (AvgIpc) is 2.43. The van der Waals surface area contributed by atoms with Gasteiger partial charge in [0.1, 0.15) is 0 Å². The lowest BCUT2D eigenvalue weighted by atomic mass is 10.0. The van der Waals surface area contributed by atoms with Gasteiger partial charge in [0.05, 0.1) is 0 Å². The zero-order valence-corrected chi connectivity index (χ0v) is 12.4. The number of hydrogen-bond donors (Lipinski definition) is 2. The summed E-state index contributed by atoms with van der Waals surface area (Å²) in [7, 11) is 0. The molecule has 0 fully saturated rings. The molecule has 0 bridgehead atoms. The molecule has 0 aliphatic heterocycles. The van der Waals surface area contributed by atoms with Gasteiger partial charge in [-0.3, -0.25) is 4.79 Å². The van der Waals surface area contributed by atoms with E-state index >= 15 is 0 Å². The van der Waals surface area contributed by atoms with Crippen LogP contribution in [0.2, 0.25) is 0 Å². The van der Waals surface area contributed by atoms with Crippen LogP contribution in [0.15, 0.2) is 35.4 Å². The topological polar surface area (TPSA) is 66.4 Å². The highest BCUT2D eigenvalue weighted by atomic mass is 16.4. The first-order valence-electron chi connectivity index (χ1n) is 6.60. The second-order valence-corrected chi connectivity index (χ2v) is 5.13. The molecule has 108 valence electrons. The van der Waals surface area contributed by atoms with Crippen molar-refractivity contribution < 1.29 is 14.7 Å². The van der Waals surface area contributed by atoms with E-state index in [1.807, 2.05) is 24.3 Å². The van der Waals surface area contributed by atoms with E-state index in [1.54, 1.807) is 0 Å². The number of carboxylic acids is 1. The Balaban J connectivity index is 2.66. The highest BCUT2D eigenvalue weighted by Crippen LogP contribution is 2.14. The minimum atomic E-state index is -1.07. The Bertz CT molecular complexity index is 527. The Morgan fingerprint density at radius 2 is 1.65 bits per heavy atom. The third-order valence-corrected chi connectivity index (χ3v) is 3.32.